The van der Waals surface area contributed by atoms with E-state index in [4.69, 9.17) is 23.3 Å². The Morgan fingerprint density at radius 1 is 0.424 bits per heavy atom. The summed E-state index contributed by atoms with van der Waals surface area (Å²) in [6.45, 7) is 4.57. The number of rotatable bonds is 50. The lowest BCUT2D eigenvalue weighted by atomic mass is 10.1. The Balaban J connectivity index is 4.68. The smallest absolute Gasteiger partial charge is 0.462 e. The normalized spacial score (nSPS) is 13.7. The van der Waals surface area contributed by atoms with Crippen molar-refractivity contribution in [3.05, 3.63) is 36.5 Å². The first-order valence-corrected chi connectivity index (χ1v) is 28.4. The Labute approximate surface area is 403 Å². The van der Waals surface area contributed by atoms with Crippen LogP contribution in [0.15, 0.2) is 36.5 Å². The first kappa shape index (κ1) is 63.7. The Morgan fingerprint density at radius 3 is 1.18 bits per heavy atom. The van der Waals surface area contributed by atoms with Crippen molar-refractivity contribution in [2.75, 3.05) is 26.4 Å². The third-order valence-electron chi connectivity index (χ3n) is 11.5. The number of aliphatic hydroxyl groups is 1. The molecule has 0 aliphatic heterocycles. The molecule has 3 unspecified atom stereocenters. The minimum absolute atomic E-state index is 0.161. The molecular weight excluding hydrogens is 856 g/mol. The van der Waals surface area contributed by atoms with Gasteiger partial charge in [0.1, 0.15) is 12.7 Å². The Kier molecular flexibility index (Phi) is 47.4. The number of carbonyl (C=O) groups is 3. The highest BCUT2D eigenvalue weighted by molar-refractivity contribution is 7.47. The topological polar surface area (TPSA) is 155 Å². The first-order chi connectivity index (χ1) is 32.2. The van der Waals surface area contributed by atoms with Crippen LogP contribution in [-0.4, -0.2) is 66.5 Å². The molecule has 0 fully saturated rings. The van der Waals surface area contributed by atoms with Gasteiger partial charge in [-0.05, 0) is 77.0 Å². The molecule has 0 aliphatic rings. The molecule has 0 amide bonds. The van der Waals surface area contributed by atoms with E-state index < -0.39 is 57.8 Å². The highest BCUT2D eigenvalue weighted by Gasteiger charge is 2.28. The van der Waals surface area contributed by atoms with Crippen LogP contribution in [0.5, 0.6) is 0 Å². The van der Waals surface area contributed by atoms with Gasteiger partial charge in [-0.25, -0.2) is 4.57 Å². The molecule has 0 saturated carbocycles. The summed E-state index contributed by atoms with van der Waals surface area (Å²) in [4.78, 5) is 48.3. The lowest BCUT2D eigenvalue weighted by molar-refractivity contribution is -0.161. The van der Waals surface area contributed by atoms with E-state index in [0.717, 1.165) is 96.3 Å². The number of unbranched alkanes of at least 4 members (excludes halogenated alkanes) is 27. The van der Waals surface area contributed by atoms with Gasteiger partial charge in [0.2, 0.25) is 0 Å². The van der Waals surface area contributed by atoms with Gasteiger partial charge < -0.3 is 24.2 Å². The molecular formula is C54H99O11P. The molecule has 2 N–H and O–H groups in total. The highest BCUT2D eigenvalue weighted by Crippen LogP contribution is 2.43. The maximum Gasteiger partial charge on any atom is 0.472 e. The van der Waals surface area contributed by atoms with E-state index in [2.05, 4.69) is 57.2 Å². The summed E-state index contributed by atoms with van der Waals surface area (Å²) in [7, 11) is -4.74. The lowest BCUT2D eigenvalue weighted by Crippen LogP contribution is -2.30. The molecule has 0 aromatic heterocycles. The predicted molar refractivity (Wildman–Crippen MR) is 270 cm³/mol. The van der Waals surface area contributed by atoms with Gasteiger partial charge in [0.15, 0.2) is 6.10 Å². The Morgan fingerprint density at radius 2 is 0.742 bits per heavy atom. The van der Waals surface area contributed by atoms with Gasteiger partial charge in [0.05, 0.1) is 19.8 Å². The molecule has 66 heavy (non-hydrogen) atoms. The zero-order chi connectivity index (χ0) is 48.4. The van der Waals surface area contributed by atoms with E-state index in [1.807, 2.05) is 0 Å². The average Bonchev–Trinajstić information content (AvgIpc) is 3.30. The van der Waals surface area contributed by atoms with Crippen molar-refractivity contribution in [3.8, 4) is 0 Å². The molecule has 12 heteroatoms. The fraction of sp³-hybridized carbons (Fsp3) is 0.833. The van der Waals surface area contributed by atoms with Crippen LogP contribution < -0.4 is 0 Å². The zero-order valence-corrected chi connectivity index (χ0v) is 43.3. The summed E-state index contributed by atoms with van der Waals surface area (Å²) >= 11 is 0. The minimum Gasteiger partial charge on any atom is -0.462 e. The van der Waals surface area contributed by atoms with Crippen LogP contribution in [0.2, 0.25) is 0 Å². The number of esters is 3. The summed E-state index contributed by atoms with van der Waals surface area (Å²) in [5, 5.41) is 9.77. The lowest BCUT2D eigenvalue weighted by Gasteiger charge is -2.21. The largest absolute Gasteiger partial charge is 0.472 e. The van der Waals surface area contributed by atoms with Gasteiger partial charge in [-0.15, -0.1) is 0 Å². The van der Waals surface area contributed by atoms with E-state index in [1.54, 1.807) is 0 Å². The monoisotopic (exact) mass is 955 g/mol. The van der Waals surface area contributed by atoms with Crippen molar-refractivity contribution in [1.29, 1.82) is 0 Å². The van der Waals surface area contributed by atoms with Crippen molar-refractivity contribution < 1.29 is 52.2 Å². The standard InChI is InChI=1S/C54H99O11P/c1-4-7-10-13-16-19-21-23-24-25-26-28-30-33-36-39-42-45-54(58)65-51(47-61-52(56)43-40-37-34-31-18-15-12-9-6-3)49-63-66(59,60)62-48-50(46-55)64-53(57)44-41-38-35-32-29-27-22-20-17-14-11-8-5-2/h16,19-20,22-24,50-51,55H,4-15,17-18,21,25-49H2,1-3H3,(H,59,60)/b19-16-,22-20-,24-23-. The number of aliphatic hydroxyl groups excluding tert-OH is 1. The van der Waals surface area contributed by atoms with Crippen LogP contribution in [0.3, 0.4) is 0 Å². The highest BCUT2D eigenvalue weighted by atomic mass is 31.2. The molecule has 0 aliphatic carbocycles. The number of hydrogen-bond donors (Lipinski definition) is 2. The predicted octanol–water partition coefficient (Wildman–Crippen LogP) is 15.3. The van der Waals surface area contributed by atoms with Gasteiger partial charge in [0.25, 0.3) is 0 Å². The molecule has 0 saturated heterocycles. The molecule has 11 nitrogen and oxygen atoms in total. The molecule has 0 heterocycles. The fourth-order valence-electron chi connectivity index (χ4n) is 7.38. The second-order valence-electron chi connectivity index (χ2n) is 18.0. The number of hydrogen-bond acceptors (Lipinski definition) is 10. The fourth-order valence-corrected chi connectivity index (χ4v) is 8.16. The first-order valence-electron chi connectivity index (χ1n) is 26.9. The molecule has 3 atom stereocenters. The third kappa shape index (κ3) is 46.8. The summed E-state index contributed by atoms with van der Waals surface area (Å²) in [5.74, 6) is -1.47. The molecule has 0 aromatic carbocycles. The summed E-state index contributed by atoms with van der Waals surface area (Å²) < 4.78 is 39.3. The van der Waals surface area contributed by atoms with E-state index >= 15 is 0 Å². The van der Waals surface area contributed by atoms with Gasteiger partial charge in [-0.3, -0.25) is 23.4 Å². The second-order valence-corrected chi connectivity index (χ2v) is 19.5. The van der Waals surface area contributed by atoms with Crippen molar-refractivity contribution in [1.82, 2.24) is 0 Å². The number of ether oxygens (including phenoxy) is 3. The van der Waals surface area contributed by atoms with Crippen LogP contribution in [0.4, 0.5) is 0 Å². The molecule has 0 radical (unpaired) electrons. The van der Waals surface area contributed by atoms with Crippen LogP contribution in [0, 0.1) is 0 Å². The van der Waals surface area contributed by atoms with E-state index in [9.17, 15) is 28.9 Å². The van der Waals surface area contributed by atoms with E-state index in [1.165, 1.54) is 96.3 Å². The van der Waals surface area contributed by atoms with Gasteiger partial charge >= 0.3 is 25.7 Å². The third-order valence-corrected chi connectivity index (χ3v) is 12.5. The molecule has 0 aromatic rings. The van der Waals surface area contributed by atoms with Crippen molar-refractivity contribution in [3.63, 3.8) is 0 Å². The second kappa shape index (κ2) is 49.1. The van der Waals surface area contributed by atoms with Crippen LogP contribution in [0.25, 0.3) is 0 Å². The van der Waals surface area contributed by atoms with Crippen molar-refractivity contribution in [2.45, 2.75) is 264 Å². The van der Waals surface area contributed by atoms with Crippen LogP contribution in [-0.2, 0) is 42.2 Å². The molecule has 386 valence electrons. The minimum atomic E-state index is -4.74. The summed E-state index contributed by atoms with van der Waals surface area (Å²) in [6.07, 6.45) is 48.3. The number of carbonyl (C=O) groups excluding carboxylic acids is 3. The number of phosphoric ester groups is 1. The van der Waals surface area contributed by atoms with E-state index in [-0.39, 0.29) is 25.9 Å². The van der Waals surface area contributed by atoms with Crippen molar-refractivity contribution in [2.24, 2.45) is 0 Å². The summed E-state index contributed by atoms with van der Waals surface area (Å²) in [5.41, 5.74) is 0. The number of allylic oxidation sites excluding steroid dienone is 6. The molecule has 0 spiro atoms. The van der Waals surface area contributed by atoms with Gasteiger partial charge in [-0.1, -0.05) is 192 Å². The molecule has 0 rings (SSSR count). The van der Waals surface area contributed by atoms with Crippen LogP contribution in [0.1, 0.15) is 252 Å². The number of phosphoric acid groups is 1. The van der Waals surface area contributed by atoms with Gasteiger partial charge in [-0.2, -0.15) is 0 Å². The van der Waals surface area contributed by atoms with Gasteiger partial charge in [0, 0.05) is 19.3 Å². The SMILES string of the molecule is CCCCC/C=C\C/C=C\CCCCCCCCCC(=O)OC(COC(=O)CCCCCCCCCCC)COP(=O)(O)OCC(CO)OC(=O)CCCCCCC/C=C\CCCCCC. The van der Waals surface area contributed by atoms with Crippen molar-refractivity contribution >= 4 is 25.7 Å². The average molecular weight is 955 g/mol. The quantitative estimate of drug-likeness (QED) is 0.0197. The molecule has 0 bridgehead atoms. The van der Waals surface area contributed by atoms with E-state index in [0.29, 0.717) is 19.3 Å². The zero-order valence-electron chi connectivity index (χ0n) is 42.4. The Hall–Kier alpha value is -2.30. The maximum atomic E-state index is 12.8. The Bertz CT molecular complexity index is 1250. The van der Waals surface area contributed by atoms with Crippen LogP contribution >= 0.6 is 7.82 Å². The maximum absolute atomic E-state index is 12.8. The summed E-state index contributed by atoms with van der Waals surface area (Å²) in [6, 6.07) is 0.